The number of primary amides is 1. The summed E-state index contributed by atoms with van der Waals surface area (Å²) in [5.41, 5.74) is 5.58. The molecule has 1 aromatic carbocycles. The van der Waals surface area contributed by atoms with E-state index in [1.807, 2.05) is 6.92 Å². The average Bonchev–Trinajstić information content (AvgIpc) is 2.60. The molecule has 7 heteroatoms. The van der Waals surface area contributed by atoms with Crippen LogP contribution in [0.25, 0.3) is 0 Å². The lowest BCUT2D eigenvalue weighted by Crippen LogP contribution is -2.50. The van der Waals surface area contributed by atoms with Gasteiger partial charge in [-0.25, -0.2) is 0 Å². The van der Waals surface area contributed by atoms with E-state index in [0.29, 0.717) is 30.9 Å². The van der Waals surface area contributed by atoms with Crippen LogP contribution in [-0.2, 0) is 4.79 Å². The molecule has 24 heavy (non-hydrogen) atoms. The fourth-order valence-electron chi connectivity index (χ4n) is 2.62. The topological polar surface area (TPSA) is 96.1 Å². The molecule has 0 spiro atoms. The van der Waals surface area contributed by atoms with Crippen LogP contribution < -0.4 is 10.5 Å². The van der Waals surface area contributed by atoms with Crippen molar-refractivity contribution in [3.05, 3.63) is 29.8 Å². The highest BCUT2D eigenvalue weighted by Crippen LogP contribution is 2.16. The van der Waals surface area contributed by atoms with Crippen molar-refractivity contribution < 1.29 is 19.4 Å². The number of ether oxygens (including phenoxy) is 1. The molecule has 2 amide bonds. The first-order valence-corrected chi connectivity index (χ1v) is 8.20. The maximum atomic E-state index is 12.6. The summed E-state index contributed by atoms with van der Waals surface area (Å²) < 4.78 is 5.24. The minimum atomic E-state index is -0.558. The van der Waals surface area contributed by atoms with E-state index < -0.39 is 5.91 Å². The van der Waals surface area contributed by atoms with Gasteiger partial charge >= 0.3 is 0 Å². The molecule has 0 aromatic heterocycles. The van der Waals surface area contributed by atoms with Crippen molar-refractivity contribution in [2.24, 2.45) is 5.73 Å². The first-order valence-electron chi connectivity index (χ1n) is 8.20. The van der Waals surface area contributed by atoms with Gasteiger partial charge in [0.2, 0.25) is 0 Å². The van der Waals surface area contributed by atoms with Gasteiger partial charge in [-0.1, -0.05) is 13.0 Å². The molecule has 0 saturated carbocycles. The molecule has 1 unspecified atom stereocenters. The second-order valence-corrected chi connectivity index (χ2v) is 5.94. The van der Waals surface area contributed by atoms with Crippen LogP contribution >= 0.6 is 0 Å². The number of nitrogens with two attached hydrogens (primary N) is 1. The standard InChI is InChI=1S/C17H25N3O4/c1-2-14(21)11-19-6-8-20(9-7-19)17(23)13-4-3-5-15(10-13)24-12-16(18)22/h3-5,10,14,21H,2,6-9,11-12H2,1H3,(H2,18,22). The summed E-state index contributed by atoms with van der Waals surface area (Å²) in [5, 5.41) is 9.71. The molecule has 1 aliphatic heterocycles. The second-order valence-electron chi connectivity index (χ2n) is 5.94. The lowest BCUT2D eigenvalue weighted by Gasteiger charge is -2.35. The number of aliphatic hydroxyl groups is 1. The Morgan fingerprint density at radius 1 is 1.29 bits per heavy atom. The second kappa shape index (κ2) is 8.65. The summed E-state index contributed by atoms with van der Waals surface area (Å²) in [4.78, 5) is 27.3. The minimum Gasteiger partial charge on any atom is -0.484 e. The molecule has 0 radical (unpaired) electrons. The highest BCUT2D eigenvalue weighted by Gasteiger charge is 2.23. The van der Waals surface area contributed by atoms with E-state index in [0.717, 1.165) is 19.5 Å². The number of carbonyl (C=O) groups excluding carboxylic acids is 2. The van der Waals surface area contributed by atoms with Gasteiger partial charge < -0.3 is 20.5 Å². The molecule has 1 heterocycles. The Morgan fingerprint density at radius 2 is 2.00 bits per heavy atom. The number of hydrogen-bond acceptors (Lipinski definition) is 5. The number of carbonyl (C=O) groups is 2. The fourth-order valence-corrected chi connectivity index (χ4v) is 2.62. The molecular weight excluding hydrogens is 310 g/mol. The van der Waals surface area contributed by atoms with E-state index in [1.165, 1.54) is 0 Å². The zero-order valence-corrected chi connectivity index (χ0v) is 14.0. The third-order valence-corrected chi connectivity index (χ3v) is 4.06. The maximum absolute atomic E-state index is 12.6. The summed E-state index contributed by atoms with van der Waals surface area (Å²) in [6.45, 7) is 5.15. The summed E-state index contributed by atoms with van der Waals surface area (Å²) in [6.07, 6.45) is 0.420. The zero-order valence-electron chi connectivity index (χ0n) is 14.0. The SMILES string of the molecule is CCC(O)CN1CCN(C(=O)c2cccc(OCC(N)=O)c2)CC1. The van der Waals surface area contributed by atoms with E-state index in [1.54, 1.807) is 29.2 Å². The Labute approximate surface area is 142 Å². The van der Waals surface area contributed by atoms with E-state index >= 15 is 0 Å². The predicted molar refractivity (Wildman–Crippen MR) is 89.8 cm³/mol. The van der Waals surface area contributed by atoms with Crippen LogP contribution in [0.2, 0.25) is 0 Å². The van der Waals surface area contributed by atoms with Crippen LogP contribution in [0.15, 0.2) is 24.3 Å². The van der Waals surface area contributed by atoms with Crippen LogP contribution in [0.3, 0.4) is 0 Å². The molecular formula is C17H25N3O4. The number of rotatable bonds is 7. The number of β-amino-alcohol motifs (C(OH)–C–C–N with tert-alkyl or cyclic N) is 1. The molecule has 1 saturated heterocycles. The van der Waals surface area contributed by atoms with Crippen LogP contribution in [0.5, 0.6) is 5.75 Å². The number of aliphatic hydroxyl groups excluding tert-OH is 1. The summed E-state index contributed by atoms with van der Waals surface area (Å²) >= 11 is 0. The lowest BCUT2D eigenvalue weighted by molar-refractivity contribution is -0.119. The Balaban J connectivity index is 1.90. The third kappa shape index (κ3) is 5.21. The fraction of sp³-hybridized carbons (Fsp3) is 0.529. The van der Waals surface area contributed by atoms with Gasteiger partial charge in [-0.15, -0.1) is 0 Å². The normalized spacial score (nSPS) is 16.7. The molecule has 1 aromatic rings. The largest absolute Gasteiger partial charge is 0.484 e. The molecule has 7 nitrogen and oxygen atoms in total. The quantitative estimate of drug-likeness (QED) is 0.736. The van der Waals surface area contributed by atoms with Crippen molar-refractivity contribution in [3.8, 4) is 5.75 Å². The first-order chi connectivity index (χ1) is 11.5. The van der Waals surface area contributed by atoms with Crippen molar-refractivity contribution in [1.29, 1.82) is 0 Å². The van der Waals surface area contributed by atoms with E-state index in [4.69, 9.17) is 10.5 Å². The molecule has 1 atom stereocenters. The summed E-state index contributed by atoms with van der Waals surface area (Å²) in [7, 11) is 0. The number of benzene rings is 1. The van der Waals surface area contributed by atoms with Crippen LogP contribution in [0.1, 0.15) is 23.7 Å². The van der Waals surface area contributed by atoms with E-state index in [2.05, 4.69) is 4.90 Å². The average molecular weight is 335 g/mol. The van der Waals surface area contributed by atoms with E-state index in [9.17, 15) is 14.7 Å². The summed E-state index contributed by atoms with van der Waals surface area (Å²) in [6, 6.07) is 6.76. The van der Waals surface area contributed by atoms with Crippen LogP contribution in [0, 0.1) is 0 Å². The van der Waals surface area contributed by atoms with Gasteiger partial charge in [0.05, 0.1) is 6.10 Å². The highest BCUT2D eigenvalue weighted by molar-refractivity contribution is 5.94. The molecule has 3 N–H and O–H groups in total. The molecule has 1 aliphatic rings. The number of piperazine rings is 1. The van der Waals surface area contributed by atoms with Crippen molar-refractivity contribution in [3.63, 3.8) is 0 Å². The zero-order chi connectivity index (χ0) is 17.5. The first kappa shape index (κ1) is 18.2. The summed E-state index contributed by atoms with van der Waals surface area (Å²) in [5.74, 6) is -0.170. The van der Waals surface area contributed by atoms with Crippen LogP contribution in [0.4, 0.5) is 0 Å². The smallest absolute Gasteiger partial charge is 0.255 e. The van der Waals surface area contributed by atoms with Gasteiger partial charge in [0.1, 0.15) is 5.75 Å². The Hall–Kier alpha value is -2.12. The van der Waals surface area contributed by atoms with E-state index in [-0.39, 0.29) is 18.6 Å². The maximum Gasteiger partial charge on any atom is 0.255 e. The Morgan fingerprint density at radius 3 is 2.62 bits per heavy atom. The number of hydrogen-bond donors (Lipinski definition) is 2. The van der Waals surface area contributed by atoms with Gasteiger partial charge in [0.25, 0.3) is 11.8 Å². The van der Waals surface area contributed by atoms with Gasteiger partial charge in [-0.3, -0.25) is 14.5 Å². The van der Waals surface area contributed by atoms with Crippen molar-refractivity contribution >= 4 is 11.8 Å². The van der Waals surface area contributed by atoms with Crippen LogP contribution in [-0.4, -0.2) is 72.2 Å². The predicted octanol–water partition coefficient (Wildman–Crippen LogP) is 0.0794. The number of amides is 2. The van der Waals surface area contributed by atoms with Crippen molar-refractivity contribution in [1.82, 2.24) is 9.80 Å². The van der Waals surface area contributed by atoms with Gasteiger partial charge in [0, 0.05) is 38.3 Å². The van der Waals surface area contributed by atoms with Gasteiger partial charge in [-0.2, -0.15) is 0 Å². The molecule has 0 bridgehead atoms. The third-order valence-electron chi connectivity index (χ3n) is 4.06. The molecule has 132 valence electrons. The molecule has 2 rings (SSSR count). The monoisotopic (exact) mass is 335 g/mol. The highest BCUT2D eigenvalue weighted by atomic mass is 16.5. The van der Waals surface area contributed by atoms with Crippen molar-refractivity contribution in [2.45, 2.75) is 19.4 Å². The molecule has 0 aliphatic carbocycles. The Bertz CT molecular complexity index is 571. The molecule has 1 fully saturated rings. The minimum absolute atomic E-state index is 0.0600. The number of nitrogens with zero attached hydrogens (tertiary/aromatic N) is 2. The Kier molecular flexibility index (Phi) is 6.57. The van der Waals surface area contributed by atoms with Gasteiger partial charge in [0.15, 0.2) is 6.61 Å². The lowest BCUT2D eigenvalue weighted by atomic mass is 10.1. The van der Waals surface area contributed by atoms with Gasteiger partial charge in [-0.05, 0) is 24.6 Å². The van der Waals surface area contributed by atoms with Crippen molar-refractivity contribution in [2.75, 3.05) is 39.3 Å².